The number of fused-ring (bicyclic) bond motifs is 2. The number of rotatable bonds is 5. The van der Waals surface area contributed by atoms with E-state index < -0.39 is 0 Å². The van der Waals surface area contributed by atoms with Gasteiger partial charge in [0.2, 0.25) is 5.75 Å². The molecule has 30 heavy (non-hydrogen) atoms. The predicted octanol–water partition coefficient (Wildman–Crippen LogP) is 5.18. The van der Waals surface area contributed by atoms with Crippen LogP contribution in [0.1, 0.15) is 0 Å². The van der Waals surface area contributed by atoms with Crippen LogP contribution in [0.3, 0.4) is 0 Å². The molecule has 6 nitrogen and oxygen atoms in total. The highest BCUT2D eigenvalue weighted by molar-refractivity contribution is 5.88. The maximum Gasteiger partial charge on any atom is 0.203 e. The Balaban J connectivity index is 1.68. The van der Waals surface area contributed by atoms with E-state index in [0.717, 1.165) is 33.5 Å². The Kier molecular flexibility index (Phi) is 4.32. The minimum Gasteiger partial charge on any atom is -0.493 e. The van der Waals surface area contributed by atoms with Gasteiger partial charge in [-0.2, -0.15) is 0 Å². The Morgan fingerprint density at radius 1 is 0.867 bits per heavy atom. The number of nitrogens with one attached hydrogen (secondary N) is 1. The molecule has 150 valence electrons. The van der Waals surface area contributed by atoms with Crippen LogP contribution in [-0.4, -0.2) is 35.7 Å². The lowest BCUT2D eigenvalue weighted by molar-refractivity contribution is 0.324. The van der Waals surface area contributed by atoms with Gasteiger partial charge in [-0.3, -0.25) is 4.98 Å². The number of aromatic nitrogens is 3. The van der Waals surface area contributed by atoms with Crippen molar-refractivity contribution in [2.45, 2.75) is 0 Å². The lowest BCUT2D eigenvalue weighted by atomic mass is 10.1. The predicted molar refractivity (Wildman–Crippen MR) is 118 cm³/mol. The second-order valence-corrected chi connectivity index (χ2v) is 6.98. The Hall–Kier alpha value is -3.93. The van der Waals surface area contributed by atoms with Gasteiger partial charge in [-0.25, -0.2) is 0 Å². The molecule has 2 aromatic carbocycles. The molecule has 6 heteroatoms. The van der Waals surface area contributed by atoms with Gasteiger partial charge in [-0.15, -0.1) is 0 Å². The molecular formula is C24H21N3O3. The van der Waals surface area contributed by atoms with Crippen LogP contribution in [0.5, 0.6) is 17.2 Å². The quantitative estimate of drug-likeness (QED) is 0.443. The van der Waals surface area contributed by atoms with Gasteiger partial charge in [0.05, 0.1) is 32.5 Å². The van der Waals surface area contributed by atoms with E-state index in [1.165, 1.54) is 5.39 Å². The molecule has 0 fully saturated rings. The average molecular weight is 399 g/mol. The largest absolute Gasteiger partial charge is 0.493 e. The van der Waals surface area contributed by atoms with Crippen molar-refractivity contribution in [2.75, 3.05) is 21.3 Å². The van der Waals surface area contributed by atoms with E-state index >= 15 is 0 Å². The number of hydrogen-bond donors (Lipinski definition) is 1. The fourth-order valence-electron chi connectivity index (χ4n) is 3.85. The molecule has 0 unspecified atom stereocenters. The first-order chi connectivity index (χ1) is 14.7. The maximum absolute atomic E-state index is 5.52. The van der Waals surface area contributed by atoms with E-state index in [1.54, 1.807) is 27.5 Å². The lowest BCUT2D eigenvalue weighted by Gasteiger charge is -2.14. The van der Waals surface area contributed by atoms with Gasteiger partial charge < -0.3 is 23.6 Å². The van der Waals surface area contributed by atoms with Crippen molar-refractivity contribution >= 4 is 16.4 Å². The fraction of sp³-hybridized carbons (Fsp3) is 0.125. The number of nitrogens with zero attached hydrogens (tertiary/aromatic N) is 2. The third-order valence-corrected chi connectivity index (χ3v) is 5.30. The van der Waals surface area contributed by atoms with Crippen LogP contribution in [0.15, 0.2) is 67.1 Å². The Bertz CT molecular complexity index is 1310. The molecule has 0 spiro atoms. The van der Waals surface area contributed by atoms with E-state index in [0.29, 0.717) is 17.2 Å². The lowest BCUT2D eigenvalue weighted by Crippen LogP contribution is -1.97. The normalized spacial score (nSPS) is 11.2. The van der Waals surface area contributed by atoms with Crippen molar-refractivity contribution in [1.29, 1.82) is 0 Å². The number of H-pyrrole nitrogens is 1. The minimum atomic E-state index is 0.560. The first-order valence-electron chi connectivity index (χ1n) is 9.57. The van der Waals surface area contributed by atoms with Crippen molar-refractivity contribution in [2.24, 2.45) is 0 Å². The monoisotopic (exact) mass is 399 g/mol. The summed E-state index contributed by atoms with van der Waals surface area (Å²) in [4.78, 5) is 8.14. The van der Waals surface area contributed by atoms with Crippen molar-refractivity contribution in [3.8, 4) is 39.8 Å². The molecule has 1 N–H and O–H groups in total. The first kappa shape index (κ1) is 18.1. The van der Waals surface area contributed by atoms with Crippen LogP contribution >= 0.6 is 0 Å². The van der Waals surface area contributed by atoms with Crippen LogP contribution in [0.4, 0.5) is 0 Å². The molecule has 0 aliphatic heterocycles. The van der Waals surface area contributed by atoms with E-state index in [1.807, 2.05) is 30.5 Å². The van der Waals surface area contributed by atoms with E-state index in [4.69, 9.17) is 14.2 Å². The van der Waals surface area contributed by atoms with Gasteiger partial charge in [0, 0.05) is 46.3 Å². The Morgan fingerprint density at radius 2 is 1.63 bits per heavy atom. The number of methoxy groups -OCH3 is 3. The first-order valence-corrected chi connectivity index (χ1v) is 9.57. The molecule has 0 atom stereocenters. The zero-order chi connectivity index (χ0) is 20.7. The molecule has 3 heterocycles. The molecule has 5 rings (SSSR count). The number of hydrogen-bond acceptors (Lipinski definition) is 4. The van der Waals surface area contributed by atoms with Gasteiger partial charge in [0.15, 0.2) is 11.5 Å². The molecule has 0 radical (unpaired) electrons. The van der Waals surface area contributed by atoms with Gasteiger partial charge in [-0.1, -0.05) is 18.2 Å². The van der Waals surface area contributed by atoms with Gasteiger partial charge in [0.1, 0.15) is 0 Å². The zero-order valence-electron chi connectivity index (χ0n) is 17.0. The molecule has 5 aromatic rings. The van der Waals surface area contributed by atoms with Gasteiger partial charge in [-0.05, 0) is 30.3 Å². The van der Waals surface area contributed by atoms with Crippen molar-refractivity contribution in [1.82, 2.24) is 14.4 Å². The average Bonchev–Trinajstić information content (AvgIpc) is 3.41. The SMILES string of the molecule is COc1cc(-c2nccn3cc(-c4cc5ccccc5[nH]4)cc23)cc(OC)c1OC. The minimum absolute atomic E-state index is 0.560. The number of para-hydroxylation sites is 1. The van der Waals surface area contributed by atoms with E-state index in [-0.39, 0.29) is 0 Å². The summed E-state index contributed by atoms with van der Waals surface area (Å²) in [7, 11) is 4.82. The molecule has 3 aromatic heterocycles. The van der Waals surface area contributed by atoms with Gasteiger partial charge in [0.25, 0.3) is 0 Å². The second-order valence-electron chi connectivity index (χ2n) is 6.98. The Morgan fingerprint density at radius 3 is 2.33 bits per heavy atom. The van der Waals surface area contributed by atoms with Crippen LogP contribution in [-0.2, 0) is 0 Å². The molecule has 0 aliphatic rings. The number of ether oxygens (including phenoxy) is 3. The number of benzene rings is 2. The molecule has 0 saturated heterocycles. The molecule has 0 saturated carbocycles. The topological polar surface area (TPSA) is 60.8 Å². The van der Waals surface area contributed by atoms with Crippen molar-refractivity contribution in [3.05, 3.63) is 67.1 Å². The summed E-state index contributed by atoms with van der Waals surface area (Å²) in [6.45, 7) is 0. The molecule has 0 bridgehead atoms. The van der Waals surface area contributed by atoms with Gasteiger partial charge >= 0.3 is 0 Å². The fourth-order valence-corrected chi connectivity index (χ4v) is 3.85. The Labute approximate surface area is 173 Å². The highest BCUT2D eigenvalue weighted by atomic mass is 16.5. The maximum atomic E-state index is 5.52. The zero-order valence-corrected chi connectivity index (χ0v) is 17.0. The summed E-state index contributed by atoms with van der Waals surface area (Å²) in [5.41, 5.74) is 5.98. The summed E-state index contributed by atoms with van der Waals surface area (Å²) in [5, 5.41) is 1.19. The highest BCUT2D eigenvalue weighted by Crippen LogP contribution is 2.42. The third kappa shape index (κ3) is 2.85. The summed E-state index contributed by atoms with van der Waals surface area (Å²) in [6, 6.07) is 16.4. The van der Waals surface area contributed by atoms with E-state index in [9.17, 15) is 0 Å². The summed E-state index contributed by atoms with van der Waals surface area (Å²) in [5.74, 6) is 1.75. The second kappa shape index (κ2) is 7.15. The smallest absolute Gasteiger partial charge is 0.203 e. The highest BCUT2D eigenvalue weighted by Gasteiger charge is 2.17. The van der Waals surface area contributed by atoms with Crippen molar-refractivity contribution in [3.63, 3.8) is 0 Å². The summed E-state index contributed by atoms with van der Waals surface area (Å²) in [6.07, 6.45) is 5.84. The van der Waals surface area contributed by atoms with Crippen LogP contribution in [0.2, 0.25) is 0 Å². The molecule has 0 amide bonds. The summed E-state index contributed by atoms with van der Waals surface area (Å²) < 4.78 is 18.6. The van der Waals surface area contributed by atoms with Crippen molar-refractivity contribution < 1.29 is 14.2 Å². The molecular weight excluding hydrogens is 378 g/mol. The molecule has 0 aliphatic carbocycles. The summed E-state index contributed by atoms with van der Waals surface area (Å²) >= 11 is 0. The third-order valence-electron chi connectivity index (χ3n) is 5.30. The standard InChI is InChI=1S/C24H21N3O3/c1-28-21-12-16(13-22(29-2)24(21)30-3)23-20-11-17(14-27(20)9-8-25-23)19-10-15-6-4-5-7-18(15)26-19/h4-14,26H,1-3H3. The van der Waals surface area contributed by atoms with Crippen LogP contribution in [0, 0.1) is 0 Å². The number of aromatic amines is 1. The van der Waals surface area contributed by atoms with E-state index in [2.05, 4.69) is 44.8 Å². The van der Waals surface area contributed by atoms with Crippen LogP contribution < -0.4 is 14.2 Å². The van der Waals surface area contributed by atoms with Crippen LogP contribution in [0.25, 0.3) is 38.9 Å².